The Morgan fingerprint density at radius 3 is 1.84 bits per heavy atom. The van der Waals surface area contributed by atoms with Gasteiger partial charge in [0.25, 0.3) is 0 Å². The third-order valence-electron chi connectivity index (χ3n) is 5.52. The van der Waals surface area contributed by atoms with Gasteiger partial charge in [0.05, 0.1) is 5.92 Å². The van der Waals surface area contributed by atoms with Gasteiger partial charge in [-0.2, -0.15) is 0 Å². The Morgan fingerprint density at radius 2 is 1.34 bits per heavy atom. The standard InChI is InChI=1S/C27H31N3O2/c1-30(20-21-12-5-2-6-13-21)19-11-18-24(26(28)31)29-27(32)25(22-14-7-3-8-15-22)23-16-9-4-10-17-23/h2-10,12-17,24-25H,11,18-20H2,1H3,(H2,28,31)(H,29,32)/t24-/m0/s1. The highest BCUT2D eigenvalue weighted by molar-refractivity contribution is 5.91. The van der Waals surface area contributed by atoms with Crippen LogP contribution in [0.2, 0.25) is 0 Å². The number of nitrogens with zero attached hydrogens (tertiary/aromatic N) is 1. The van der Waals surface area contributed by atoms with E-state index in [2.05, 4.69) is 22.3 Å². The lowest BCUT2D eigenvalue weighted by molar-refractivity contribution is -0.127. The van der Waals surface area contributed by atoms with E-state index in [1.54, 1.807) is 0 Å². The van der Waals surface area contributed by atoms with Gasteiger partial charge in [0.1, 0.15) is 6.04 Å². The molecular formula is C27H31N3O2. The molecule has 0 radical (unpaired) electrons. The smallest absolute Gasteiger partial charge is 0.240 e. The van der Waals surface area contributed by atoms with E-state index in [1.807, 2.05) is 85.9 Å². The summed E-state index contributed by atoms with van der Waals surface area (Å²) in [6, 6.07) is 28.7. The first kappa shape index (κ1) is 23.2. The maximum Gasteiger partial charge on any atom is 0.240 e. The van der Waals surface area contributed by atoms with Crippen molar-refractivity contribution in [2.24, 2.45) is 5.73 Å². The lowest BCUT2D eigenvalue weighted by Crippen LogP contribution is -2.46. The molecule has 0 unspecified atom stereocenters. The zero-order chi connectivity index (χ0) is 22.8. The van der Waals surface area contributed by atoms with Crippen LogP contribution >= 0.6 is 0 Å². The van der Waals surface area contributed by atoms with Crippen molar-refractivity contribution < 1.29 is 9.59 Å². The minimum atomic E-state index is -0.706. The van der Waals surface area contributed by atoms with Crippen molar-refractivity contribution in [2.45, 2.75) is 31.3 Å². The summed E-state index contributed by atoms with van der Waals surface area (Å²) in [6.07, 6.45) is 1.25. The number of nitrogens with two attached hydrogens (primary N) is 1. The average molecular weight is 430 g/mol. The normalized spacial score (nSPS) is 12.0. The molecule has 5 heteroatoms. The van der Waals surface area contributed by atoms with Crippen LogP contribution in [0.25, 0.3) is 0 Å². The number of hydrogen-bond donors (Lipinski definition) is 2. The fraction of sp³-hybridized carbons (Fsp3) is 0.259. The van der Waals surface area contributed by atoms with Gasteiger partial charge in [-0.3, -0.25) is 9.59 Å². The van der Waals surface area contributed by atoms with E-state index in [9.17, 15) is 9.59 Å². The van der Waals surface area contributed by atoms with Crippen LogP contribution < -0.4 is 11.1 Å². The molecule has 0 fully saturated rings. The van der Waals surface area contributed by atoms with Gasteiger partial charge < -0.3 is 16.0 Å². The molecular weight excluding hydrogens is 398 g/mol. The number of rotatable bonds is 11. The van der Waals surface area contributed by atoms with Crippen molar-refractivity contribution >= 4 is 11.8 Å². The van der Waals surface area contributed by atoms with Crippen molar-refractivity contribution in [3.8, 4) is 0 Å². The summed E-state index contributed by atoms with van der Waals surface area (Å²) >= 11 is 0. The second kappa shape index (κ2) is 11.8. The minimum absolute atomic E-state index is 0.219. The summed E-state index contributed by atoms with van der Waals surface area (Å²) in [7, 11) is 2.05. The lowest BCUT2D eigenvalue weighted by atomic mass is 9.90. The van der Waals surface area contributed by atoms with Gasteiger partial charge in [0, 0.05) is 6.54 Å². The Balaban J connectivity index is 1.62. The second-order valence-electron chi connectivity index (χ2n) is 8.08. The van der Waals surface area contributed by atoms with E-state index >= 15 is 0 Å². The molecule has 3 aromatic rings. The summed E-state index contributed by atoms with van der Waals surface area (Å²) in [4.78, 5) is 27.6. The molecule has 0 spiro atoms. The van der Waals surface area contributed by atoms with Crippen LogP contribution in [0.1, 0.15) is 35.4 Å². The van der Waals surface area contributed by atoms with E-state index in [-0.39, 0.29) is 5.91 Å². The summed E-state index contributed by atoms with van der Waals surface area (Å²) in [6.45, 7) is 1.63. The van der Waals surface area contributed by atoms with Gasteiger partial charge in [-0.25, -0.2) is 0 Å². The van der Waals surface area contributed by atoms with Crippen LogP contribution in [0.3, 0.4) is 0 Å². The largest absolute Gasteiger partial charge is 0.368 e. The molecule has 0 bridgehead atoms. The fourth-order valence-corrected chi connectivity index (χ4v) is 3.87. The Morgan fingerprint density at radius 1 is 0.844 bits per heavy atom. The highest BCUT2D eigenvalue weighted by Crippen LogP contribution is 2.25. The van der Waals surface area contributed by atoms with E-state index in [4.69, 9.17) is 5.73 Å². The van der Waals surface area contributed by atoms with Crippen molar-refractivity contribution in [3.63, 3.8) is 0 Å². The highest BCUT2D eigenvalue weighted by Gasteiger charge is 2.26. The van der Waals surface area contributed by atoms with E-state index < -0.39 is 17.9 Å². The first-order valence-corrected chi connectivity index (χ1v) is 11.0. The van der Waals surface area contributed by atoms with Gasteiger partial charge in [-0.1, -0.05) is 91.0 Å². The van der Waals surface area contributed by atoms with Gasteiger partial charge in [-0.15, -0.1) is 0 Å². The molecule has 2 amide bonds. The molecule has 3 rings (SSSR count). The van der Waals surface area contributed by atoms with Crippen LogP contribution in [-0.2, 0) is 16.1 Å². The topological polar surface area (TPSA) is 75.4 Å². The molecule has 0 saturated carbocycles. The highest BCUT2D eigenvalue weighted by atomic mass is 16.2. The summed E-state index contributed by atoms with van der Waals surface area (Å²) in [5.41, 5.74) is 8.63. The zero-order valence-electron chi connectivity index (χ0n) is 18.5. The van der Waals surface area contributed by atoms with Crippen LogP contribution in [0.15, 0.2) is 91.0 Å². The predicted octanol–water partition coefficient (Wildman–Crippen LogP) is 3.70. The third-order valence-corrected chi connectivity index (χ3v) is 5.52. The molecule has 166 valence electrons. The van der Waals surface area contributed by atoms with Gasteiger partial charge in [0.15, 0.2) is 0 Å². The van der Waals surface area contributed by atoms with E-state index in [0.29, 0.717) is 6.42 Å². The van der Waals surface area contributed by atoms with Crippen LogP contribution in [0, 0.1) is 0 Å². The van der Waals surface area contributed by atoms with Crippen LogP contribution in [0.4, 0.5) is 0 Å². The summed E-state index contributed by atoms with van der Waals surface area (Å²) in [5, 5.41) is 2.90. The fourth-order valence-electron chi connectivity index (χ4n) is 3.87. The van der Waals surface area contributed by atoms with E-state index in [0.717, 1.165) is 30.6 Å². The first-order valence-electron chi connectivity index (χ1n) is 11.0. The number of amides is 2. The van der Waals surface area contributed by atoms with Crippen molar-refractivity contribution in [1.29, 1.82) is 0 Å². The second-order valence-corrected chi connectivity index (χ2v) is 8.08. The van der Waals surface area contributed by atoms with Crippen molar-refractivity contribution in [2.75, 3.05) is 13.6 Å². The van der Waals surface area contributed by atoms with Crippen LogP contribution in [0.5, 0.6) is 0 Å². The Kier molecular flexibility index (Phi) is 8.58. The molecule has 3 aromatic carbocycles. The molecule has 1 atom stereocenters. The van der Waals surface area contributed by atoms with Crippen molar-refractivity contribution in [1.82, 2.24) is 10.2 Å². The molecule has 0 aliphatic heterocycles. The van der Waals surface area contributed by atoms with Gasteiger partial charge in [0.2, 0.25) is 11.8 Å². The lowest BCUT2D eigenvalue weighted by Gasteiger charge is -2.23. The molecule has 32 heavy (non-hydrogen) atoms. The third kappa shape index (κ3) is 6.79. The number of benzene rings is 3. The molecule has 0 aliphatic rings. The monoisotopic (exact) mass is 429 g/mol. The molecule has 0 saturated heterocycles. The van der Waals surface area contributed by atoms with Gasteiger partial charge >= 0.3 is 0 Å². The van der Waals surface area contributed by atoms with Crippen molar-refractivity contribution in [3.05, 3.63) is 108 Å². The molecule has 0 aromatic heterocycles. The number of carbonyl (C=O) groups is 2. The SMILES string of the molecule is CN(CCC[C@H](NC(=O)C(c1ccccc1)c1ccccc1)C(N)=O)Cc1ccccc1. The summed E-state index contributed by atoms with van der Waals surface area (Å²) < 4.78 is 0. The quantitative estimate of drug-likeness (QED) is 0.488. The molecule has 0 aliphatic carbocycles. The number of primary amides is 1. The molecule has 5 nitrogen and oxygen atoms in total. The zero-order valence-corrected chi connectivity index (χ0v) is 18.5. The number of carbonyl (C=O) groups excluding carboxylic acids is 2. The van der Waals surface area contributed by atoms with E-state index in [1.165, 1.54) is 5.56 Å². The molecule has 3 N–H and O–H groups in total. The molecule has 0 heterocycles. The summed E-state index contributed by atoms with van der Waals surface area (Å²) in [5.74, 6) is -1.23. The number of hydrogen-bond acceptors (Lipinski definition) is 3. The maximum atomic E-state index is 13.3. The van der Waals surface area contributed by atoms with Crippen LogP contribution in [-0.4, -0.2) is 36.3 Å². The Hall–Kier alpha value is -3.44. The Bertz CT molecular complexity index is 938. The first-order chi connectivity index (χ1) is 15.5. The average Bonchev–Trinajstić information content (AvgIpc) is 2.80. The number of nitrogens with one attached hydrogen (secondary N) is 1. The predicted molar refractivity (Wildman–Crippen MR) is 128 cm³/mol. The maximum absolute atomic E-state index is 13.3. The van der Waals surface area contributed by atoms with Gasteiger partial charge in [-0.05, 0) is 43.1 Å². The Labute approximate surface area is 190 Å². The minimum Gasteiger partial charge on any atom is -0.368 e.